The number of fused-ring (bicyclic) bond motifs is 1. The fourth-order valence-corrected chi connectivity index (χ4v) is 2.71. The molecule has 0 aliphatic heterocycles. The third-order valence-electron chi connectivity index (χ3n) is 3.70. The van der Waals surface area contributed by atoms with Gasteiger partial charge in [0.1, 0.15) is 5.39 Å². The SMILES string of the molecule is O=c1[nH]c(NCc2cccnc2)nc2c1cnn2-c1ccccc1Cl. The number of halogens is 1. The molecule has 0 saturated heterocycles. The van der Waals surface area contributed by atoms with E-state index in [1.807, 2.05) is 30.3 Å². The van der Waals surface area contributed by atoms with E-state index in [1.54, 1.807) is 23.1 Å². The molecule has 4 rings (SSSR count). The second-order valence-electron chi connectivity index (χ2n) is 5.37. The van der Waals surface area contributed by atoms with Crippen molar-refractivity contribution in [2.75, 3.05) is 5.32 Å². The lowest BCUT2D eigenvalue weighted by molar-refractivity contribution is 0.893. The number of benzene rings is 1. The molecular formula is C17H13ClN6O. The Labute approximate surface area is 147 Å². The van der Waals surface area contributed by atoms with Gasteiger partial charge in [0, 0.05) is 18.9 Å². The molecule has 0 atom stereocenters. The molecule has 3 aromatic heterocycles. The minimum atomic E-state index is -0.267. The molecule has 8 heteroatoms. The van der Waals surface area contributed by atoms with Crippen LogP contribution in [0.4, 0.5) is 5.95 Å². The number of rotatable bonds is 4. The van der Waals surface area contributed by atoms with Crippen LogP contribution in [0, 0.1) is 0 Å². The Morgan fingerprint density at radius 1 is 1.16 bits per heavy atom. The zero-order valence-corrected chi connectivity index (χ0v) is 13.7. The summed E-state index contributed by atoms with van der Waals surface area (Å²) in [5.41, 5.74) is 1.81. The van der Waals surface area contributed by atoms with E-state index in [4.69, 9.17) is 11.6 Å². The van der Waals surface area contributed by atoms with Crippen molar-refractivity contribution in [1.29, 1.82) is 0 Å². The standard InChI is InChI=1S/C17H13ClN6O/c18-13-5-1-2-6-14(13)24-15-12(10-21-24)16(25)23-17(22-15)20-9-11-4-3-7-19-8-11/h1-8,10H,9H2,(H2,20,22,23,25). The molecule has 7 nitrogen and oxygen atoms in total. The van der Waals surface area contributed by atoms with E-state index in [-0.39, 0.29) is 5.56 Å². The van der Waals surface area contributed by atoms with E-state index in [0.29, 0.717) is 34.2 Å². The molecule has 0 spiro atoms. The Bertz CT molecular complexity index is 1090. The fraction of sp³-hybridized carbons (Fsp3) is 0.0588. The molecule has 0 bridgehead atoms. The maximum Gasteiger partial charge on any atom is 0.263 e. The average Bonchev–Trinajstić information content (AvgIpc) is 3.06. The van der Waals surface area contributed by atoms with Gasteiger partial charge in [0.05, 0.1) is 16.9 Å². The van der Waals surface area contributed by atoms with Crippen molar-refractivity contribution in [1.82, 2.24) is 24.7 Å². The van der Waals surface area contributed by atoms with Gasteiger partial charge in [-0.2, -0.15) is 10.1 Å². The first kappa shape index (κ1) is 15.3. The first-order chi connectivity index (χ1) is 12.2. The number of aromatic amines is 1. The second kappa shape index (κ2) is 6.37. The third-order valence-corrected chi connectivity index (χ3v) is 4.02. The minimum absolute atomic E-state index is 0.267. The van der Waals surface area contributed by atoms with Crippen molar-refractivity contribution in [3.05, 3.63) is 75.9 Å². The molecule has 3 heterocycles. The van der Waals surface area contributed by atoms with E-state index in [0.717, 1.165) is 5.56 Å². The first-order valence-electron chi connectivity index (χ1n) is 7.58. The van der Waals surface area contributed by atoms with Gasteiger partial charge in [0.2, 0.25) is 5.95 Å². The number of anilines is 1. The largest absolute Gasteiger partial charge is 0.352 e. The summed E-state index contributed by atoms with van der Waals surface area (Å²) in [5, 5.41) is 8.28. The van der Waals surface area contributed by atoms with Crippen LogP contribution in [0.2, 0.25) is 5.02 Å². The summed E-state index contributed by atoms with van der Waals surface area (Å²) in [6, 6.07) is 11.1. The highest BCUT2D eigenvalue weighted by molar-refractivity contribution is 6.32. The first-order valence-corrected chi connectivity index (χ1v) is 7.96. The van der Waals surface area contributed by atoms with Gasteiger partial charge >= 0.3 is 0 Å². The Morgan fingerprint density at radius 2 is 2.04 bits per heavy atom. The van der Waals surface area contributed by atoms with Crippen LogP contribution in [0.1, 0.15) is 5.56 Å². The van der Waals surface area contributed by atoms with Gasteiger partial charge < -0.3 is 5.32 Å². The molecule has 0 fully saturated rings. The van der Waals surface area contributed by atoms with E-state index >= 15 is 0 Å². The van der Waals surface area contributed by atoms with Gasteiger partial charge in [-0.3, -0.25) is 14.8 Å². The maximum atomic E-state index is 12.3. The molecule has 0 amide bonds. The maximum absolute atomic E-state index is 12.3. The molecule has 0 aliphatic rings. The van der Waals surface area contributed by atoms with Crippen molar-refractivity contribution in [2.24, 2.45) is 0 Å². The summed E-state index contributed by atoms with van der Waals surface area (Å²) in [7, 11) is 0. The monoisotopic (exact) mass is 352 g/mol. The number of para-hydroxylation sites is 1. The number of nitrogens with one attached hydrogen (secondary N) is 2. The molecular weight excluding hydrogens is 340 g/mol. The van der Waals surface area contributed by atoms with Gasteiger partial charge in [-0.15, -0.1) is 0 Å². The topological polar surface area (TPSA) is 88.5 Å². The van der Waals surface area contributed by atoms with Crippen molar-refractivity contribution in [3.8, 4) is 5.69 Å². The van der Waals surface area contributed by atoms with Crippen LogP contribution in [0.5, 0.6) is 0 Å². The van der Waals surface area contributed by atoms with Gasteiger partial charge in [-0.05, 0) is 23.8 Å². The summed E-state index contributed by atoms with van der Waals surface area (Å²) in [6.07, 6.45) is 4.94. The Balaban J connectivity index is 1.74. The third kappa shape index (κ3) is 2.97. The predicted octanol–water partition coefficient (Wildman–Crippen LogP) is 2.77. The lowest BCUT2D eigenvalue weighted by atomic mass is 10.3. The summed E-state index contributed by atoms with van der Waals surface area (Å²) < 4.78 is 1.56. The predicted molar refractivity (Wildman–Crippen MR) is 96.1 cm³/mol. The summed E-state index contributed by atoms with van der Waals surface area (Å²) in [6.45, 7) is 0.489. The Morgan fingerprint density at radius 3 is 2.84 bits per heavy atom. The number of pyridine rings is 1. The zero-order chi connectivity index (χ0) is 17.2. The van der Waals surface area contributed by atoms with Crippen molar-refractivity contribution >= 4 is 28.6 Å². The Kier molecular flexibility index (Phi) is 3.91. The molecule has 2 N–H and O–H groups in total. The van der Waals surface area contributed by atoms with Crippen LogP contribution in [-0.4, -0.2) is 24.7 Å². The fourth-order valence-electron chi connectivity index (χ4n) is 2.49. The van der Waals surface area contributed by atoms with Gasteiger partial charge in [-0.1, -0.05) is 29.8 Å². The van der Waals surface area contributed by atoms with E-state index < -0.39 is 0 Å². The lowest BCUT2D eigenvalue weighted by Crippen LogP contribution is -2.13. The smallest absolute Gasteiger partial charge is 0.263 e. The van der Waals surface area contributed by atoms with Gasteiger partial charge in [-0.25, -0.2) is 4.68 Å². The highest BCUT2D eigenvalue weighted by Crippen LogP contribution is 2.22. The highest BCUT2D eigenvalue weighted by atomic mass is 35.5. The van der Waals surface area contributed by atoms with Crippen LogP contribution in [0.3, 0.4) is 0 Å². The lowest BCUT2D eigenvalue weighted by Gasteiger charge is -2.07. The number of aromatic nitrogens is 5. The Hall–Kier alpha value is -3.19. The number of H-pyrrole nitrogens is 1. The molecule has 4 aromatic rings. The normalized spacial score (nSPS) is 10.9. The summed E-state index contributed by atoms with van der Waals surface area (Å²) in [4.78, 5) is 23.6. The molecule has 1 aromatic carbocycles. The van der Waals surface area contributed by atoms with Crippen LogP contribution in [0.25, 0.3) is 16.7 Å². The average molecular weight is 353 g/mol. The van der Waals surface area contributed by atoms with Crippen LogP contribution < -0.4 is 10.9 Å². The molecule has 0 radical (unpaired) electrons. The quantitative estimate of drug-likeness (QED) is 0.589. The second-order valence-corrected chi connectivity index (χ2v) is 5.78. The van der Waals surface area contributed by atoms with Gasteiger partial charge in [0.25, 0.3) is 5.56 Å². The highest BCUT2D eigenvalue weighted by Gasteiger charge is 2.13. The number of hydrogen-bond acceptors (Lipinski definition) is 5. The molecule has 25 heavy (non-hydrogen) atoms. The van der Waals surface area contributed by atoms with Crippen LogP contribution in [-0.2, 0) is 6.54 Å². The molecule has 0 unspecified atom stereocenters. The molecule has 0 saturated carbocycles. The minimum Gasteiger partial charge on any atom is -0.352 e. The molecule has 124 valence electrons. The summed E-state index contributed by atoms with van der Waals surface area (Å²) >= 11 is 6.24. The van der Waals surface area contributed by atoms with Gasteiger partial charge in [0.15, 0.2) is 5.65 Å². The van der Waals surface area contributed by atoms with E-state index in [2.05, 4.69) is 25.4 Å². The van der Waals surface area contributed by atoms with Crippen molar-refractivity contribution in [2.45, 2.75) is 6.54 Å². The van der Waals surface area contributed by atoms with Crippen molar-refractivity contribution in [3.63, 3.8) is 0 Å². The number of hydrogen-bond donors (Lipinski definition) is 2. The number of nitrogens with zero attached hydrogens (tertiary/aromatic N) is 4. The van der Waals surface area contributed by atoms with E-state index in [1.165, 1.54) is 6.20 Å². The zero-order valence-electron chi connectivity index (χ0n) is 13.0. The van der Waals surface area contributed by atoms with Crippen molar-refractivity contribution < 1.29 is 0 Å². The van der Waals surface area contributed by atoms with Crippen LogP contribution in [0.15, 0.2) is 59.8 Å². The van der Waals surface area contributed by atoms with Crippen LogP contribution >= 0.6 is 11.6 Å². The summed E-state index contributed by atoms with van der Waals surface area (Å²) in [5.74, 6) is 0.357. The van der Waals surface area contributed by atoms with E-state index in [9.17, 15) is 4.79 Å². The molecule has 0 aliphatic carbocycles.